The van der Waals surface area contributed by atoms with Crippen molar-refractivity contribution in [3.8, 4) is 0 Å². The first-order chi connectivity index (χ1) is 7.07. The average Bonchev–Trinajstić information content (AvgIpc) is 2.42. The van der Waals surface area contributed by atoms with Gasteiger partial charge in [0.05, 0.1) is 4.92 Å². The van der Waals surface area contributed by atoms with Crippen LogP contribution in [0.3, 0.4) is 0 Å². The summed E-state index contributed by atoms with van der Waals surface area (Å²) in [6.07, 6.45) is 0.912. The van der Waals surface area contributed by atoms with E-state index in [4.69, 9.17) is 0 Å². The predicted octanol–water partition coefficient (Wildman–Crippen LogP) is 1.02. The summed E-state index contributed by atoms with van der Waals surface area (Å²) in [7, 11) is 1.88. The lowest BCUT2D eigenvalue weighted by atomic mass is 10.3. The van der Waals surface area contributed by atoms with Gasteiger partial charge in [0.25, 0.3) is 0 Å². The molecule has 0 bridgehead atoms. The third kappa shape index (κ3) is 2.53. The second-order valence-electron chi connectivity index (χ2n) is 3.46. The number of aryl methyl sites for hydroxylation is 2. The van der Waals surface area contributed by atoms with E-state index in [0.717, 1.165) is 13.0 Å². The summed E-state index contributed by atoms with van der Waals surface area (Å²) in [5.74, 6) is 0. The van der Waals surface area contributed by atoms with Crippen LogP contribution in [0.5, 0.6) is 0 Å². The molecule has 0 aliphatic heterocycles. The fourth-order valence-electron chi connectivity index (χ4n) is 1.58. The molecular formula is C9H16N4O2. The molecule has 0 radical (unpaired) electrons. The fraction of sp³-hybridized carbons (Fsp3) is 0.667. The van der Waals surface area contributed by atoms with Crippen LogP contribution in [-0.4, -0.2) is 28.3 Å². The molecular weight excluding hydrogens is 196 g/mol. The Morgan fingerprint density at radius 2 is 2.20 bits per heavy atom. The molecule has 6 nitrogen and oxygen atoms in total. The number of hydrogen-bond acceptors (Lipinski definition) is 4. The SMILES string of the molecule is CNCCCn1nc(C)c([N+](=O)[O-])c1C. The van der Waals surface area contributed by atoms with Gasteiger partial charge in [-0.1, -0.05) is 0 Å². The maximum atomic E-state index is 10.7. The standard InChI is InChI=1S/C9H16N4O2/c1-7-9(13(14)15)8(2)12(11-7)6-4-5-10-3/h10H,4-6H2,1-3H3. The minimum Gasteiger partial charge on any atom is -0.320 e. The van der Waals surface area contributed by atoms with Crippen molar-refractivity contribution in [2.45, 2.75) is 26.8 Å². The van der Waals surface area contributed by atoms with E-state index in [2.05, 4.69) is 10.4 Å². The molecule has 0 saturated carbocycles. The molecule has 0 aliphatic rings. The zero-order chi connectivity index (χ0) is 11.4. The van der Waals surface area contributed by atoms with Crippen molar-refractivity contribution in [2.75, 3.05) is 13.6 Å². The first kappa shape index (κ1) is 11.6. The van der Waals surface area contributed by atoms with E-state index in [1.165, 1.54) is 0 Å². The van der Waals surface area contributed by atoms with Gasteiger partial charge in [-0.3, -0.25) is 14.8 Å². The molecule has 0 aromatic carbocycles. The largest absolute Gasteiger partial charge is 0.320 e. The highest BCUT2D eigenvalue weighted by atomic mass is 16.6. The van der Waals surface area contributed by atoms with Crippen molar-refractivity contribution in [3.63, 3.8) is 0 Å². The highest BCUT2D eigenvalue weighted by Crippen LogP contribution is 2.21. The molecule has 15 heavy (non-hydrogen) atoms. The van der Waals surface area contributed by atoms with Crippen LogP contribution >= 0.6 is 0 Å². The van der Waals surface area contributed by atoms with Crippen LogP contribution < -0.4 is 5.32 Å². The van der Waals surface area contributed by atoms with Crippen LogP contribution in [0, 0.1) is 24.0 Å². The van der Waals surface area contributed by atoms with Crippen molar-refractivity contribution >= 4 is 5.69 Å². The van der Waals surface area contributed by atoms with Gasteiger partial charge >= 0.3 is 5.69 Å². The van der Waals surface area contributed by atoms with Crippen molar-refractivity contribution in [1.82, 2.24) is 15.1 Å². The second-order valence-corrected chi connectivity index (χ2v) is 3.46. The number of nitrogens with one attached hydrogen (secondary N) is 1. The molecule has 1 aromatic heterocycles. The molecule has 0 unspecified atom stereocenters. The summed E-state index contributed by atoms with van der Waals surface area (Å²) in [5, 5.41) is 17.9. The van der Waals surface area contributed by atoms with Gasteiger partial charge in [-0.15, -0.1) is 0 Å². The van der Waals surface area contributed by atoms with Crippen LogP contribution in [0.25, 0.3) is 0 Å². The van der Waals surface area contributed by atoms with E-state index in [9.17, 15) is 10.1 Å². The summed E-state index contributed by atoms with van der Waals surface area (Å²) in [6, 6.07) is 0. The average molecular weight is 212 g/mol. The minimum absolute atomic E-state index is 0.138. The molecule has 0 spiro atoms. The molecule has 0 aliphatic carbocycles. The number of nitrogens with zero attached hydrogens (tertiary/aromatic N) is 3. The number of rotatable bonds is 5. The summed E-state index contributed by atoms with van der Waals surface area (Å²) in [4.78, 5) is 10.4. The number of hydrogen-bond donors (Lipinski definition) is 1. The molecule has 0 saturated heterocycles. The Morgan fingerprint density at radius 3 is 2.67 bits per heavy atom. The van der Waals surface area contributed by atoms with E-state index in [-0.39, 0.29) is 10.6 Å². The Bertz CT molecular complexity index is 359. The lowest BCUT2D eigenvalue weighted by Gasteiger charge is -2.02. The van der Waals surface area contributed by atoms with Gasteiger partial charge in [0.15, 0.2) is 0 Å². The Hall–Kier alpha value is -1.43. The third-order valence-corrected chi connectivity index (χ3v) is 2.32. The lowest BCUT2D eigenvalue weighted by Crippen LogP contribution is -2.12. The summed E-state index contributed by atoms with van der Waals surface area (Å²) >= 11 is 0. The smallest absolute Gasteiger partial charge is 0.312 e. The Labute approximate surface area is 88.4 Å². The summed E-state index contributed by atoms with van der Waals surface area (Å²) in [5.41, 5.74) is 1.26. The maximum Gasteiger partial charge on any atom is 0.312 e. The van der Waals surface area contributed by atoms with Crippen molar-refractivity contribution in [1.29, 1.82) is 0 Å². The fourth-order valence-corrected chi connectivity index (χ4v) is 1.58. The Balaban J connectivity index is 2.82. The number of aromatic nitrogens is 2. The van der Waals surface area contributed by atoms with E-state index < -0.39 is 0 Å². The predicted molar refractivity (Wildman–Crippen MR) is 56.9 cm³/mol. The third-order valence-electron chi connectivity index (χ3n) is 2.32. The van der Waals surface area contributed by atoms with E-state index >= 15 is 0 Å². The van der Waals surface area contributed by atoms with Crippen LogP contribution in [0.2, 0.25) is 0 Å². The van der Waals surface area contributed by atoms with E-state index in [1.54, 1.807) is 18.5 Å². The molecule has 1 N–H and O–H groups in total. The molecule has 0 fully saturated rings. The molecule has 1 rings (SSSR count). The summed E-state index contributed by atoms with van der Waals surface area (Å²) < 4.78 is 1.70. The molecule has 0 atom stereocenters. The van der Waals surface area contributed by atoms with Crippen molar-refractivity contribution in [2.24, 2.45) is 0 Å². The Kier molecular flexibility index (Phi) is 3.79. The van der Waals surface area contributed by atoms with Gasteiger partial charge in [-0.25, -0.2) is 0 Å². The van der Waals surface area contributed by atoms with E-state index in [0.29, 0.717) is 17.9 Å². The molecule has 1 heterocycles. The second kappa shape index (κ2) is 4.88. The molecule has 0 amide bonds. The van der Waals surface area contributed by atoms with Crippen LogP contribution in [0.1, 0.15) is 17.8 Å². The summed E-state index contributed by atoms with van der Waals surface area (Å²) in [6.45, 7) is 4.99. The Morgan fingerprint density at radius 1 is 1.53 bits per heavy atom. The van der Waals surface area contributed by atoms with Gasteiger partial charge in [0.2, 0.25) is 0 Å². The van der Waals surface area contributed by atoms with Gasteiger partial charge in [0.1, 0.15) is 11.4 Å². The van der Waals surface area contributed by atoms with Gasteiger partial charge in [-0.2, -0.15) is 5.10 Å². The van der Waals surface area contributed by atoms with Crippen LogP contribution in [0.15, 0.2) is 0 Å². The zero-order valence-electron chi connectivity index (χ0n) is 9.28. The monoisotopic (exact) mass is 212 g/mol. The van der Waals surface area contributed by atoms with Crippen molar-refractivity contribution in [3.05, 3.63) is 21.5 Å². The first-order valence-corrected chi connectivity index (χ1v) is 4.91. The van der Waals surface area contributed by atoms with Gasteiger partial charge in [-0.05, 0) is 33.9 Å². The van der Waals surface area contributed by atoms with E-state index in [1.807, 2.05) is 7.05 Å². The van der Waals surface area contributed by atoms with Gasteiger partial charge in [0, 0.05) is 6.54 Å². The molecule has 6 heteroatoms. The number of nitro groups is 1. The minimum atomic E-state index is -0.369. The highest BCUT2D eigenvalue weighted by Gasteiger charge is 2.20. The first-order valence-electron chi connectivity index (χ1n) is 4.91. The zero-order valence-corrected chi connectivity index (χ0v) is 9.28. The molecule has 84 valence electrons. The lowest BCUT2D eigenvalue weighted by molar-refractivity contribution is -0.386. The highest BCUT2D eigenvalue weighted by molar-refractivity contribution is 5.39. The van der Waals surface area contributed by atoms with Crippen molar-refractivity contribution < 1.29 is 4.92 Å². The van der Waals surface area contributed by atoms with Crippen LogP contribution in [-0.2, 0) is 6.54 Å². The quantitative estimate of drug-likeness (QED) is 0.449. The topological polar surface area (TPSA) is 73.0 Å². The van der Waals surface area contributed by atoms with Gasteiger partial charge < -0.3 is 5.32 Å². The van der Waals surface area contributed by atoms with Crippen LogP contribution in [0.4, 0.5) is 5.69 Å². The molecule has 1 aromatic rings. The normalized spacial score (nSPS) is 10.6. The maximum absolute atomic E-state index is 10.7.